The van der Waals surface area contributed by atoms with Crippen molar-refractivity contribution < 1.29 is 17.6 Å². The van der Waals surface area contributed by atoms with E-state index in [1.165, 1.54) is 12.1 Å². The van der Waals surface area contributed by atoms with Crippen molar-refractivity contribution in [2.75, 3.05) is 7.05 Å². The molecule has 0 atom stereocenters. The van der Waals surface area contributed by atoms with Crippen LogP contribution in [0.25, 0.3) is 0 Å². The van der Waals surface area contributed by atoms with Gasteiger partial charge in [-0.3, -0.25) is 0 Å². The zero-order valence-electron chi connectivity index (χ0n) is 7.69. The highest BCUT2D eigenvalue weighted by atomic mass is 32.2. The topological polar surface area (TPSA) is 75.6 Å². The maximum absolute atomic E-state index is 13.1. The Bertz CT molecular complexity index is 521. The van der Waals surface area contributed by atoms with Gasteiger partial charge in [-0.2, -0.15) is 4.99 Å². The third-order valence-electron chi connectivity index (χ3n) is 1.65. The van der Waals surface area contributed by atoms with Crippen LogP contribution in [0.2, 0.25) is 0 Å². The zero-order chi connectivity index (χ0) is 11.5. The van der Waals surface area contributed by atoms with Gasteiger partial charge in [0.1, 0.15) is 10.7 Å². The van der Waals surface area contributed by atoms with Gasteiger partial charge in [0.15, 0.2) is 0 Å². The van der Waals surface area contributed by atoms with Crippen molar-refractivity contribution in [3.63, 3.8) is 0 Å². The van der Waals surface area contributed by atoms with Gasteiger partial charge < -0.3 is 0 Å². The second-order valence-corrected chi connectivity index (χ2v) is 4.38. The molecule has 0 unspecified atom stereocenters. The van der Waals surface area contributed by atoms with Crippen molar-refractivity contribution in [1.82, 2.24) is 4.72 Å². The zero-order valence-corrected chi connectivity index (χ0v) is 8.51. The highest BCUT2D eigenvalue weighted by molar-refractivity contribution is 7.89. The van der Waals surface area contributed by atoms with Gasteiger partial charge in [0, 0.05) is 0 Å². The molecule has 0 heterocycles. The molecule has 0 saturated heterocycles. The first-order valence-corrected chi connectivity index (χ1v) is 5.30. The fraction of sp³-hybridized carbons (Fsp3) is 0.125. The molecule has 0 bridgehead atoms. The van der Waals surface area contributed by atoms with Crippen LogP contribution in [-0.2, 0) is 14.8 Å². The number of carbonyl (C=O) groups excluding carboxylic acids is 1. The summed E-state index contributed by atoms with van der Waals surface area (Å²) >= 11 is 0. The molecule has 0 radical (unpaired) electrons. The highest BCUT2D eigenvalue weighted by Gasteiger charge is 2.17. The summed E-state index contributed by atoms with van der Waals surface area (Å²) in [6.45, 7) is 0. The summed E-state index contributed by atoms with van der Waals surface area (Å²) in [4.78, 5) is 12.6. The molecule has 1 aromatic rings. The lowest BCUT2D eigenvalue weighted by Crippen LogP contribution is -2.19. The molecule has 0 amide bonds. The van der Waals surface area contributed by atoms with Gasteiger partial charge in [0.25, 0.3) is 0 Å². The summed E-state index contributed by atoms with van der Waals surface area (Å²) < 4.78 is 37.7. The van der Waals surface area contributed by atoms with Crippen molar-refractivity contribution >= 4 is 21.8 Å². The summed E-state index contributed by atoms with van der Waals surface area (Å²) in [5.41, 5.74) is 0.0280. The number of nitrogens with zero attached hydrogens (tertiary/aromatic N) is 1. The molecule has 80 valence electrons. The molecule has 0 fully saturated rings. The van der Waals surface area contributed by atoms with E-state index in [-0.39, 0.29) is 5.69 Å². The Kier molecular flexibility index (Phi) is 3.31. The lowest BCUT2D eigenvalue weighted by molar-refractivity contribution is 0.560. The number of isocyanates is 1. The van der Waals surface area contributed by atoms with Crippen LogP contribution in [0.4, 0.5) is 10.1 Å². The number of benzene rings is 1. The summed E-state index contributed by atoms with van der Waals surface area (Å²) in [6, 6.07) is 3.04. The molecule has 1 aromatic carbocycles. The number of aliphatic imine (C=N–C) groups is 1. The van der Waals surface area contributed by atoms with Gasteiger partial charge in [0.05, 0.1) is 5.69 Å². The maximum atomic E-state index is 13.1. The third-order valence-corrected chi connectivity index (χ3v) is 3.08. The van der Waals surface area contributed by atoms with E-state index in [1.807, 2.05) is 4.72 Å². The van der Waals surface area contributed by atoms with Crippen molar-refractivity contribution in [2.24, 2.45) is 4.99 Å². The number of halogens is 1. The molecule has 5 nitrogen and oxygen atoms in total. The maximum Gasteiger partial charge on any atom is 0.243 e. The smallest absolute Gasteiger partial charge is 0.214 e. The van der Waals surface area contributed by atoms with E-state index in [0.29, 0.717) is 0 Å². The Morgan fingerprint density at radius 1 is 1.47 bits per heavy atom. The Morgan fingerprint density at radius 3 is 2.67 bits per heavy atom. The third kappa shape index (κ3) is 2.47. The minimum absolute atomic E-state index is 0.0280. The number of sulfonamides is 1. The quantitative estimate of drug-likeness (QED) is 0.613. The van der Waals surface area contributed by atoms with E-state index < -0.39 is 20.7 Å². The first kappa shape index (κ1) is 11.5. The second-order valence-electron chi connectivity index (χ2n) is 2.53. The molecule has 0 saturated carbocycles. The average Bonchev–Trinajstić information content (AvgIpc) is 2.21. The summed E-state index contributed by atoms with van der Waals surface area (Å²) in [5.74, 6) is -0.908. The molecule has 0 aromatic heterocycles. The van der Waals surface area contributed by atoms with E-state index in [9.17, 15) is 17.6 Å². The summed E-state index contributed by atoms with van der Waals surface area (Å²) in [6.07, 6.45) is 1.24. The predicted molar refractivity (Wildman–Crippen MR) is 50.4 cm³/mol. The molecule has 7 heteroatoms. The van der Waals surface area contributed by atoms with Crippen molar-refractivity contribution in [3.05, 3.63) is 24.0 Å². The summed E-state index contributed by atoms with van der Waals surface area (Å²) in [5, 5.41) is 0. The van der Waals surface area contributed by atoms with Crippen molar-refractivity contribution in [2.45, 2.75) is 4.90 Å². The van der Waals surface area contributed by atoms with Crippen molar-refractivity contribution in [1.29, 1.82) is 0 Å². The van der Waals surface area contributed by atoms with E-state index in [2.05, 4.69) is 4.99 Å². The fourth-order valence-electron chi connectivity index (χ4n) is 0.930. The first-order valence-electron chi connectivity index (χ1n) is 3.82. The van der Waals surface area contributed by atoms with Gasteiger partial charge in [-0.05, 0) is 25.2 Å². The number of nitrogens with one attached hydrogen (secondary N) is 1. The van der Waals surface area contributed by atoms with Crippen molar-refractivity contribution in [3.8, 4) is 0 Å². The van der Waals surface area contributed by atoms with Gasteiger partial charge in [-0.15, -0.1) is 0 Å². The van der Waals surface area contributed by atoms with Crippen LogP contribution in [0.3, 0.4) is 0 Å². The predicted octanol–water partition coefficient (Wildman–Crippen LogP) is 0.701. The molecular formula is C8H7FN2O3S. The van der Waals surface area contributed by atoms with E-state index in [1.54, 1.807) is 0 Å². The standard InChI is InChI=1S/C8H7FN2O3S/c1-10-15(13,14)8-4-6(11-5-12)2-3-7(8)9/h2-4,10H,1H3. The van der Waals surface area contributed by atoms with E-state index in [0.717, 1.165) is 19.2 Å². The van der Waals surface area contributed by atoms with Crippen LogP contribution < -0.4 is 4.72 Å². The van der Waals surface area contributed by atoms with Gasteiger partial charge in [-0.1, -0.05) is 0 Å². The van der Waals surface area contributed by atoms with Crippen LogP contribution >= 0.6 is 0 Å². The Morgan fingerprint density at radius 2 is 2.13 bits per heavy atom. The van der Waals surface area contributed by atoms with Gasteiger partial charge >= 0.3 is 0 Å². The lowest BCUT2D eigenvalue weighted by Gasteiger charge is -2.03. The Balaban J connectivity index is 3.41. The van der Waals surface area contributed by atoms with Crippen LogP contribution in [0.15, 0.2) is 28.1 Å². The Labute approximate surface area is 85.7 Å². The minimum atomic E-state index is -3.88. The first-order chi connectivity index (χ1) is 7.01. The molecule has 1 rings (SSSR count). The summed E-state index contributed by atoms with van der Waals surface area (Å²) in [7, 11) is -2.73. The largest absolute Gasteiger partial charge is 0.243 e. The fourth-order valence-corrected chi connectivity index (χ4v) is 1.75. The average molecular weight is 230 g/mol. The molecule has 0 aliphatic carbocycles. The highest BCUT2D eigenvalue weighted by Crippen LogP contribution is 2.20. The van der Waals surface area contributed by atoms with Crippen LogP contribution in [0.1, 0.15) is 0 Å². The molecule has 0 aliphatic heterocycles. The normalized spacial score (nSPS) is 10.8. The molecule has 15 heavy (non-hydrogen) atoms. The number of rotatable bonds is 3. The molecule has 0 spiro atoms. The molecule has 1 N–H and O–H groups in total. The van der Waals surface area contributed by atoms with E-state index >= 15 is 0 Å². The SMILES string of the molecule is CNS(=O)(=O)c1cc(N=C=O)ccc1F. The van der Waals surface area contributed by atoms with Gasteiger partial charge in [-0.25, -0.2) is 22.3 Å². The van der Waals surface area contributed by atoms with E-state index in [4.69, 9.17) is 0 Å². The second kappa shape index (κ2) is 4.31. The van der Waals surface area contributed by atoms with Gasteiger partial charge in [0.2, 0.25) is 16.1 Å². The number of hydrogen-bond donors (Lipinski definition) is 1. The van der Waals surface area contributed by atoms with Crippen LogP contribution in [0.5, 0.6) is 0 Å². The monoisotopic (exact) mass is 230 g/mol. The number of hydrogen-bond acceptors (Lipinski definition) is 4. The van der Waals surface area contributed by atoms with Crippen LogP contribution in [0, 0.1) is 5.82 Å². The Hall–Kier alpha value is -1.56. The molecule has 0 aliphatic rings. The molecular weight excluding hydrogens is 223 g/mol. The van der Waals surface area contributed by atoms with Crippen LogP contribution in [-0.4, -0.2) is 21.5 Å². The lowest BCUT2D eigenvalue weighted by atomic mass is 10.3. The minimum Gasteiger partial charge on any atom is -0.214 e.